The van der Waals surface area contributed by atoms with Crippen molar-refractivity contribution in [2.75, 3.05) is 26.7 Å². The third-order valence-electron chi connectivity index (χ3n) is 5.24. The second-order valence-corrected chi connectivity index (χ2v) is 8.31. The molecule has 1 aliphatic rings. The molecule has 0 bridgehead atoms. The second-order valence-electron chi connectivity index (χ2n) is 8.31. The quantitative estimate of drug-likeness (QED) is 0.838. The number of nitrogens with one attached hydrogen (secondary N) is 1. The molecule has 1 N–H and O–H groups in total. The van der Waals surface area contributed by atoms with Gasteiger partial charge in [-0.05, 0) is 39.0 Å². The van der Waals surface area contributed by atoms with Crippen molar-refractivity contribution in [3.63, 3.8) is 0 Å². The Balaban J connectivity index is 2.75. The van der Waals surface area contributed by atoms with Gasteiger partial charge in [-0.3, -0.25) is 4.90 Å². The lowest BCUT2D eigenvalue weighted by molar-refractivity contribution is -0.0231. The number of nitrogens with zero attached hydrogens (tertiary/aromatic N) is 1. The summed E-state index contributed by atoms with van der Waals surface area (Å²) in [5.74, 6) is 0. The minimum Gasteiger partial charge on any atom is -0.379 e. The summed E-state index contributed by atoms with van der Waals surface area (Å²) < 4.78 is 5.58. The maximum absolute atomic E-state index is 5.58. The lowest BCUT2D eigenvalue weighted by atomic mass is 9.81. The monoisotopic (exact) mass is 284 g/mol. The van der Waals surface area contributed by atoms with Crippen molar-refractivity contribution in [3.05, 3.63) is 0 Å². The molecule has 0 aliphatic carbocycles. The lowest BCUT2D eigenvalue weighted by Crippen LogP contribution is -2.66. The van der Waals surface area contributed by atoms with Crippen LogP contribution in [-0.2, 0) is 4.74 Å². The molecule has 1 saturated heterocycles. The zero-order chi connectivity index (χ0) is 15.6. The van der Waals surface area contributed by atoms with Gasteiger partial charge in [-0.15, -0.1) is 0 Å². The normalized spacial score (nSPS) is 29.7. The van der Waals surface area contributed by atoms with Crippen LogP contribution in [-0.4, -0.2) is 48.8 Å². The van der Waals surface area contributed by atoms with Crippen molar-refractivity contribution >= 4 is 0 Å². The Hall–Kier alpha value is -0.120. The summed E-state index contributed by atoms with van der Waals surface area (Å²) in [7, 11) is 1.81. The molecule has 0 amide bonds. The van der Waals surface area contributed by atoms with Gasteiger partial charge < -0.3 is 10.1 Å². The second kappa shape index (κ2) is 6.33. The number of piperazine rings is 1. The maximum Gasteiger partial charge on any atom is 0.0634 e. The summed E-state index contributed by atoms with van der Waals surface area (Å²) in [6.45, 7) is 19.4. The maximum atomic E-state index is 5.58. The number of ether oxygens (including phenoxy) is 1. The molecule has 120 valence electrons. The first kappa shape index (κ1) is 17.9. The average Bonchev–Trinajstić information content (AvgIpc) is 2.36. The molecule has 0 aromatic carbocycles. The SMILES string of the molecule is CCC1(C)CNC(C(C)(C)C)CN1CCC(C)(C)OC. The Morgan fingerprint density at radius 3 is 2.30 bits per heavy atom. The third-order valence-corrected chi connectivity index (χ3v) is 5.24. The minimum absolute atomic E-state index is 0.0310. The van der Waals surface area contributed by atoms with Crippen LogP contribution in [0.5, 0.6) is 0 Å². The molecule has 0 aromatic rings. The van der Waals surface area contributed by atoms with Gasteiger partial charge in [-0.25, -0.2) is 0 Å². The molecule has 1 fully saturated rings. The van der Waals surface area contributed by atoms with Gasteiger partial charge >= 0.3 is 0 Å². The zero-order valence-electron chi connectivity index (χ0n) is 15.0. The molecule has 2 unspecified atom stereocenters. The molecule has 0 spiro atoms. The number of hydrogen-bond donors (Lipinski definition) is 1. The molecule has 1 heterocycles. The van der Waals surface area contributed by atoms with Gasteiger partial charge in [0, 0.05) is 38.3 Å². The van der Waals surface area contributed by atoms with E-state index >= 15 is 0 Å². The highest BCUT2D eigenvalue weighted by molar-refractivity contribution is 4.98. The molecule has 0 aromatic heterocycles. The Kier molecular flexibility index (Phi) is 5.67. The van der Waals surface area contributed by atoms with Gasteiger partial charge in [0.15, 0.2) is 0 Å². The van der Waals surface area contributed by atoms with Crippen molar-refractivity contribution < 1.29 is 4.74 Å². The smallest absolute Gasteiger partial charge is 0.0634 e. The highest BCUT2D eigenvalue weighted by Crippen LogP contribution is 2.30. The molecule has 2 atom stereocenters. The van der Waals surface area contributed by atoms with Crippen LogP contribution in [0, 0.1) is 5.41 Å². The van der Waals surface area contributed by atoms with Gasteiger partial charge in [0.05, 0.1) is 5.60 Å². The molecule has 3 nitrogen and oxygen atoms in total. The van der Waals surface area contributed by atoms with E-state index in [2.05, 4.69) is 58.7 Å². The molecule has 1 aliphatic heterocycles. The van der Waals surface area contributed by atoms with Crippen LogP contribution in [0.15, 0.2) is 0 Å². The highest BCUT2D eigenvalue weighted by Gasteiger charge is 2.40. The standard InChI is InChI=1S/C17H36N2O/c1-9-17(7)13-18-14(15(2,3)4)12-19(17)11-10-16(5,6)20-8/h14,18H,9-13H2,1-8H3. The van der Waals surface area contributed by atoms with E-state index in [9.17, 15) is 0 Å². The summed E-state index contributed by atoms with van der Waals surface area (Å²) in [6.07, 6.45) is 2.26. The van der Waals surface area contributed by atoms with E-state index in [-0.39, 0.29) is 11.1 Å². The van der Waals surface area contributed by atoms with Gasteiger partial charge in [0.2, 0.25) is 0 Å². The highest BCUT2D eigenvalue weighted by atomic mass is 16.5. The summed E-state index contributed by atoms with van der Waals surface area (Å²) in [6, 6.07) is 0.563. The van der Waals surface area contributed by atoms with Crippen LogP contribution in [0.3, 0.4) is 0 Å². The average molecular weight is 284 g/mol. The van der Waals surface area contributed by atoms with Crippen molar-refractivity contribution in [2.24, 2.45) is 5.41 Å². The fourth-order valence-corrected chi connectivity index (χ4v) is 2.76. The van der Waals surface area contributed by atoms with Crippen molar-refractivity contribution in [1.82, 2.24) is 10.2 Å². The van der Waals surface area contributed by atoms with Crippen LogP contribution < -0.4 is 5.32 Å². The number of methoxy groups -OCH3 is 1. The number of rotatable bonds is 5. The molecule has 3 heteroatoms. The van der Waals surface area contributed by atoms with Crippen LogP contribution in [0.25, 0.3) is 0 Å². The third kappa shape index (κ3) is 4.44. The first-order valence-corrected chi connectivity index (χ1v) is 8.08. The zero-order valence-corrected chi connectivity index (χ0v) is 15.0. The van der Waals surface area contributed by atoms with Crippen LogP contribution in [0.1, 0.15) is 61.3 Å². The van der Waals surface area contributed by atoms with E-state index in [4.69, 9.17) is 4.74 Å². The molecule has 20 heavy (non-hydrogen) atoms. The van der Waals surface area contributed by atoms with Gasteiger partial charge in [-0.1, -0.05) is 27.7 Å². The van der Waals surface area contributed by atoms with Crippen LogP contribution >= 0.6 is 0 Å². The van der Waals surface area contributed by atoms with Gasteiger partial charge in [0.1, 0.15) is 0 Å². The lowest BCUT2D eigenvalue weighted by Gasteiger charge is -2.51. The van der Waals surface area contributed by atoms with Crippen LogP contribution in [0.2, 0.25) is 0 Å². The summed E-state index contributed by atoms with van der Waals surface area (Å²) >= 11 is 0. The predicted molar refractivity (Wildman–Crippen MR) is 87.2 cm³/mol. The topological polar surface area (TPSA) is 24.5 Å². The number of hydrogen-bond acceptors (Lipinski definition) is 3. The first-order chi connectivity index (χ1) is 9.04. The van der Waals surface area contributed by atoms with E-state index in [0.29, 0.717) is 11.5 Å². The Bertz CT molecular complexity index is 309. The van der Waals surface area contributed by atoms with E-state index in [0.717, 1.165) is 26.1 Å². The van der Waals surface area contributed by atoms with Crippen molar-refractivity contribution in [1.29, 1.82) is 0 Å². The van der Waals surface area contributed by atoms with E-state index in [1.165, 1.54) is 6.42 Å². The van der Waals surface area contributed by atoms with Gasteiger partial charge in [0.25, 0.3) is 0 Å². The van der Waals surface area contributed by atoms with E-state index < -0.39 is 0 Å². The summed E-state index contributed by atoms with van der Waals surface area (Å²) in [5, 5.41) is 3.77. The Morgan fingerprint density at radius 2 is 1.85 bits per heavy atom. The Labute approximate surface area is 126 Å². The van der Waals surface area contributed by atoms with E-state index in [1.54, 1.807) is 0 Å². The fraction of sp³-hybridized carbons (Fsp3) is 1.00. The Morgan fingerprint density at radius 1 is 1.25 bits per heavy atom. The molecule has 1 rings (SSSR count). The predicted octanol–water partition coefficient (Wildman–Crippen LogP) is 3.29. The molecule has 0 saturated carbocycles. The van der Waals surface area contributed by atoms with Crippen molar-refractivity contribution in [3.8, 4) is 0 Å². The largest absolute Gasteiger partial charge is 0.379 e. The minimum atomic E-state index is -0.0310. The fourth-order valence-electron chi connectivity index (χ4n) is 2.76. The van der Waals surface area contributed by atoms with Gasteiger partial charge in [-0.2, -0.15) is 0 Å². The van der Waals surface area contributed by atoms with Crippen LogP contribution in [0.4, 0.5) is 0 Å². The molecular weight excluding hydrogens is 248 g/mol. The first-order valence-electron chi connectivity index (χ1n) is 8.08. The summed E-state index contributed by atoms with van der Waals surface area (Å²) in [5.41, 5.74) is 0.548. The molecular formula is C17H36N2O. The summed E-state index contributed by atoms with van der Waals surface area (Å²) in [4.78, 5) is 2.68. The van der Waals surface area contributed by atoms with E-state index in [1.807, 2.05) is 7.11 Å². The molecule has 0 radical (unpaired) electrons. The van der Waals surface area contributed by atoms with Crippen molar-refractivity contribution in [2.45, 2.75) is 78.5 Å².